The van der Waals surface area contributed by atoms with Gasteiger partial charge in [0.15, 0.2) is 9.04 Å². The summed E-state index contributed by atoms with van der Waals surface area (Å²) in [7, 11) is -0.741. The van der Waals surface area contributed by atoms with Crippen molar-refractivity contribution in [2.45, 2.75) is 51.1 Å². The zero-order valence-electron chi connectivity index (χ0n) is 7.81. The molecule has 0 saturated carbocycles. The highest BCUT2D eigenvalue weighted by Gasteiger charge is 2.23. The van der Waals surface area contributed by atoms with Crippen molar-refractivity contribution in [2.75, 3.05) is 6.61 Å². The summed E-state index contributed by atoms with van der Waals surface area (Å²) >= 11 is 0. The van der Waals surface area contributed by atoms with Crippen LogP contribution >= 0.6 is 0 Å². The molecule has 1 atom stereocenters. The minimum Gasteiger partial charge on any atom is -0.420 e. The van der Waals surface area contributed by atoms with Crippen LogP contribution in [0, 0.1) is 0 Å². The highest BCUT2D eigenvalue weighted by atomic mass is 28.3. The molecule has 0 aliphatic carbocycles. The smallest absolute Gasteiger partial charge is 0.179 e. The molecule has 0 spiro atoms. The largest absolute Gasteiger partial charge is 0.420 e. The molecule has 0 N–H and O–H groups in total. The Morgan fingerprint density at radius 1 is 1.27 bits per heavy atom. The van der Waals surface area contributed by atoms with Crippen molar-refractivity contribution in [1.29, 1.82) is 0 Å². The molecule has 1 fully saturated rings. The van der Waals surface area contributed by atoms with Crippen molar-refractivity contribution in [1.82, 2.24) is 0 Å². The zero-order valence-corrected chi connectivity index (χ0v) is 8.96. The van der Waals surface area contributed by atoms with Gasteiger partial charge in [0.1, 0.15) is 0 Å². The number of hydrogen-bond acceptors (Lipinski definition) is 1. The molecular formula is C9H20OSi. The Balaban J connectivity index is 2.30. The molecule has 11 heavy (non-hydrogen) atoms. The second-order valence-corrected chi connectivity index (χ2v) is 6.41. The van der Waals surface area contributed by atoms with Crippen LogP contribution in [0.4, 0.5) is 0 Å². The second kappa shape index (κ2) is 4.94. The van der Waals surface area contributed by atoms with Gasteiger partial charge in [0, 0.05) is 6.61 Å². The summed E-state index contributed by atoms with van der Waals surface area (Å²) in [6.45, 7) is 5.67. The molecule has 0 radical (unpaired) electrons. The summed E-state index contributed by atoms with van der Waals surface area (Å²) in [5, 5.41) is 0. The monoisotopic (exact) mass is 172 g/mol. The Hall–Kier alpha value is 0.177. The van der Waals surface area contributed by atoms with E-state index in [-0.39, 0.29) is 0 Å². The van der Waals surface area contributed by atoms with Crippen molar-refractivity contribution in [3.8, 4) is 0 Å². The molecule has 0 amide bonds. The van der Waals surface area contributed by atoms with E-state index in [4.69, 9.17) is 4.43 Å². The first-order chi connectivity index (χ1) is 5.38. The van der Waals surface area contributed by atoms with E-state index in [1.807, 2.05) is 0 Å². The molecule has 1 nitrogen and oxygen atoms in total. The summed E-state index contributed by atoms with van der Waals surface area (Å²) in [6, 6.07) is 1.44. The van der Waals surface area contributed by atoms with Gasteiger partial charge in [0.25, 0.3) is 0 Å². The van der Waals surface area contributed by atoms with Gasteiger partial charge < -0.3 is 4.43 Å². The third kappa shape index (κ3) is 2.60. The van der Waals surface area contributed by atoms with Crippen molar-refractivity contribution in [3.63, 3.8) is 0 Å². The fourth-order valence-corrected chi connectivity index (χ4v) is 5.07. The molecule has 1 aliphatic rings. The highest BCUT2D eigenvalue weighted by molar-refractivity contribution is 6.53. The van der Waals surface area contributed by atoms with E-state index < -0.39 is 9.04 Å². The van der Waals surface area contributed by atoms with E-state index in [9.17, 15) is 0 Å². The minimum atomic E-state index is -0.741. The van der Waals surface area contributed by atoms with Gasteiger partial charge in [-0.2, -0.15) is 0 Å². The molecule has 0 aromatic carbocycles. The van der Waals surface area contributed by atoms with Crippen LogP contribution in [0.1, 0.15) is 39.5 Å². The van der Waals surface area contributed by atoms with Crippen LogP contribution in [0.3, 0.4) is 0 Å². The standard InChI is InChI=1S/C9H20OSi/c1-3-9(4-2)11-8-6-5-7-10-11/h9,11H,3-8H2,1-2H3. The van der Waals surface area contributed by atoms with Gasteiger partial charge >= 0.3 is 0 Å². The molecule has 2 heteroatoms. The number of rotatable bonds is 3. The molecule has 1 saturated heterocycles. The summed E-state index contributed by atoms with van der Waals surface area (Å²) in [5.41, 5.74) is 0.954. The topological polar surface area (TPSA) is 9.23 Å². The quantitative estimate of drug-likeness (QED) is 0.595. The average molecular weight is 172 g/mol. The lowest BCUT2D eigenvalue weighted by molar-refractivity contribution is 0.277. The first-order valence-electron chi connectivity index (χ1n) is 5.00. The Bertz CT molecular complexity index is 95.7. The maximum absolute atomic E-state index is 5.86. The summed E-state index contributed by atoms with van der Waals surface area (Å²) in [5.74, 6) is 0. The van der Waals surface area contributed by atoms with Crippen LogP contribution in [0.2, 0.25) is 11.6 Å². The van der Waals surface area contributed by atoms with E-state index in [1.165, 1.54) is 31.7 Å². The van der Waals surface area contributed by atoms with Crippen LogP contribution in [-0.4, -0.2) is 15.6 Å². The van der Waals surface area contributed by atoms with Gasteiger partial charge in [-0.1, -0.05) is 33.1 Å². The average Bonchev–Trinajstić information content (AvgIpc) is 2.09. The van der Waals surface area contributed by atoms with Crippen LogP contribution < -0.4 is 0 Å². The Morgan fingerprint density at radius 3 is 2.45 bits per heavy atom. The molecular weight excluding hydrogens is 152 g/mol. The van der Waals surface area contributed by atoms with E-state index in [0.717, 1.165) is 12.1 Å². The van der Waals surface area contributed by atoms with Crippen LogP contribution in [0.15, 0.2) is 0 Å². The van der Waals surface area contributed by atoms with Gasteiger partial charge in [-0.05, 0) is 18.0 Å². The molecule has 66 valence electrons. The lowest BCUT2D eigenvalue weighted by atomic mass is 10.3. The van der Waals surface area contributed by atoms with Crippen molar-refractivity contribution in [3.05, 3.63) is 0 Å². The normalized spacial score (nSPS) is 25.9. The summed E-state index contributed by atoms with van der Waals surface area (Å²) in [6.07, 6.45) is 5.43. The van der Waals surface area contributed by atoms with Crippen molar-refractivity contribution >= 4 is 9.04 Å². The lowest BCUT2D eigenvalue weighted by Gasteiger charge is -2.27. The third-order valence-corrected chi connectivity index (χ3v) is 6.42. The highest BCUT2D eigenvalue weighted by Crippen LogP contribution is 2.26. The number of hydrogen-bond donors (Lipinski definition) is 0. The van der Waals surface area contributed by atoms with E-state index in [1.54, 1.807) is 0 Å². The molecule has 1 unspecified atom stereocenters. The Morgan fingerprint density at radius 2 is 2.00 bits per heavy atom. The Labute approximate surface area is 71.9 Å². The first-order valence-corrected chi connectivity index (χ1v) is 6.95. The van der Waals surface area contributed by atoms with E-state index >= 15 is 0 Å². The second-order valence-electron chi connectivity index (χ2n) is 3.48. The predicted molar refractivity (Wildman–Crippen MR) is 51.5 cm³/mol. The lowest BCUT2D eigenvalue weighted by Crippen LogP contribution is -2.28. The van der Waals surface area contributed by atoms with Crippen LogP contribution in [-0.2, 0) is 4.43 Å². The molecule has 1 rings (SSSR count). The van der Waals surface area contributed by atoms with E-state index in [0.29, 0.717) is 0 Å². The van der Waals surface area contributed by atoms with Gasteiger partial charge in [0.2, 0.25) is 0 Å². The summed E-state index contributed by atoms with van der Waals surface area (Å²) < 4.78 is 5.86. The fraction of sp³-hybridized carbons (Fsp3) is 1.00. The fourth-order valence-electron chi connectivity index (χ4n) is 1.95. The molecule has 0 aromatic heterocycles. The predicted octanol–water partition coefficient (Wildman–Crippen LogP) is 2.71. The molecule has 1 aliphatic heterocycles. The van der Waals surface area contributed by atoms with Crippen LogP contribution in [0.25, 0.3) is 0 Å². The third-order valence-electron chi connectivity index (χ3n) is 2.79. The zero-order chi connectivity index (χ0) is 8.10. The van der Waals surface area contributed by atoms with Crippen molar-refractivity contribution in [2.24, 2.45) is 0 Å². The maximum atomic E-state index is 5.86. The molecule has 0 bridgehead atoms. The van der Waals surface area contributed by atoms with Gasteiger partial charge in [0.05, 0.1) is 0 Å². The molecule has 1 heterocycles. The van der Waals surface area contributed by atoms with Gasteiger partial charge in [-0.15, -0.1) is 0 Å². The van der Waals surface area contributed by atoms with E-state index in [2.05, 4.69) is 13.8 Å². The van der Waals surface area contributed by atoms with Crippen LogP contribution in [0.5, 0.6) is 0 Å². The first kappa shape index (κ1) is 9.27. The van der Waals surface area contributed by atoms with Crippen molar-refractivity contribution < 1.29 is 4.43 Å². The maximum Gasteiger partial charge on any atom is 0.179 e. The van der Waals surface area contributed by atoms with Gasteiger partial charge in [-0.3, -0.25) is 0 Å². The molecule has 0 aromatic rings. The summed E-state index contributed by atoms with van der Waals surface area (Å²) in [4.78, 5) is 0. The Kier molecular flexibility index (Phi) is 4.16. The minimum absolute atomic E-state index is 0.741. The van der Waals surface area contributed by atoms with Gasteiger partial charge in [-0.25, -0.2) is 0 Å². The SMILES string of the molecule is CCC(CC)[SiH]1CCCCO1.